The monoisotopic (exact) mass is 142 g/mol. The average Bonchev–Trinajstić information content (AvgIpc) is 1.68. The normalized spacial score (nSPS) is 12.0. The van der Waals surface area contributed by atoms with Gasteiger partial charge in [-0.15, -0.1) is 11.6 Å². The summed E-state index contributed by atoms with van der Waals surface area (Å²) < 4.78 is 4.43. The van der Waals surface area contributed by atoms with E-state index >= 15 is 0 Å². The Bertz CT molecular complexity index is 47.7. The topological polar surface area (TPSA) is 9.23 Å². The Morgan fingerprint density at radius 1 is 1.57 bits per heavy atom. The van der Waals surface area contributed by atoms with E-state index in [0.29, 0.717) is 5.88 Å². The second-order valence-corrected chi connectivity index (χ2v) is 2.39. The van der Waals surface area contributed by atoms with Gasteiger partial charge in [-0.25, -0.2) is 0 Å². The summed E-state index contributed by atoms with van der Waals surface area (Å²) in [5.74, 6) is 0.413. The second kappa shape index (κ2) is 2.75. The summed E-state index contributed by atoms with van der Waals surface area (Å²) in [5, 5.41) is 0. The van der Waals surface area contributed by atoms with E-state index in [0.717, 1.165) is 0 Å². The van der Waals surface area contributed by atoms with Crippen LogP contribution in [-0.4, -0.2) is 11.5 Å². The van der Waals surface area contributed by atoms with Crippen LogP contribution in [-0.2, 0) is 4.29 Å². The lowest BCUT2D eigenvalue weighted by Crippen LogP contribution is -2.21. The van der Waals surface area contributed by atoms with Crippen LogP contribution in [0.25, 0.3) is 0 Å². The first-order valence-electron chi connectivity index (χ1n) is 1.98. The molecule has 0 heterocycles. The summed E-state index contributed by atoms with van der Waals surface area (Å²) in [4.78, 5) is 0. The largest absolute Gasteiger partial charge is 0.272 e. The molecule has 0 saturated heterocycles. The van der Waals surface area contributed by atoms with Crippen LogP contribution in [0, 0.1) is 0 Å². The van der Waals surface area contributed by atoms with Gasteiger partial charge in [-0.3, -0.25) is 4.29 Å². The van der Waals surface area contributed by atoms with Gasteiger partial charge in [0.2, 0.25) is 0 Å². The number of rotatable bonds is 2. The van der Waals surface area contributed by atoms with Crippen molar-refractivity contribution in [3.8, 4) is 0 Å². The molecular weight excluding hydrogens is 135 g/mol. The van der Waals surface area contributed by atoms with Gasteiger partial charge in [0.15, 0.2) is 0 Å². The fraction of sp³-hybridized carbons (Fsp3) is 1.00. The maximum Gasteiger partial charge on any atom is 0.0976 e. The minimum absolute atomic E-state index is 0.386. The molecule has 0 unspecified atom stereocenters. The van der Waals surface area contributed by atoms with E-state index in [2.05, 4.69) is 4.29 Å². The van der Waals surface area contributed by atoms with Crippen molar-refractivity contribution in [1.82, 2.24) is 0 Å². The molecule has 0 amide bonds. The Balaban J connectivity index is 3.36. The van der Waals surface area contributed by atoms with Crippen LogP contribution in [0.5, 0.6) is 0 Å². The number of hydrogen-bond acceptors (Lipinski definition) is 1. The summed E-state index contributed by atoms with van der Waals surface area (Å²) in [5.41, 5.74) is -0.386. The van der Waals surface area contributed by atoms with Gasteiger partial charge in [0.1, 0.15) is 0 Å². The zero-order chi connectivity index (χ0) is 5.91. The van der Waals surface area contributed by atoms with Gasteiger partial charge in [-0.05, 0) is 13.8 Å². The molecule has 3 heteroatoms. The number of halogens is 2. The van der Waals surface area contributed by atoms with Gasteiger partial charge in [0.05, 0.1) is 23.3 Å². The molecule has 0 fully saturated rings. The van der Waals surface area contributed by atoms with Crippen molar-refractivity contribution in [2.24, 2.45) is 0 Å². The number of alkyl halides is 1. The molecule has 44 valence electrons. The van der Waals surface area contributed by atoms with Crippen LogP contribution in [0.3, 0.4) is 0 Å². The predicted molar refractivity (Wildman–Crippen MR) is 31.7 cm³/mol. The van der Waals surface area contributed by atoms with E-state index in [1.54, 1.807) is 0 Å². The van der Waals surface area contributed by atoms with Gasteiger partial charge in [0, 0.05) is 0 Å². The molecule has 0 saturated carbocycles. The van der Waals surface area contributed by atoms with Crippen LogP contribution >= 0.6 is 23.5 Å². The van der Waals surface area contributed by atoms with Crippen molar-refractivity contribution in [2.45, 2.75) is 19.4 Å². The Kier molecular flexibility index (Phi) is 2.96. The van der Waals surface area contributed by atoms with Crippen LogP contribution in [0.1, 0.15) is 13.8 Å². The first-order valence-corrected chi connectivity index (χ1v) is 2.82. The molecule has 0 aromatic heterocycles. The molecular formula is C4H8Cl2O. The molecule has 0 rings (SSSR count). The third-order valence-corrected chi connectivity index (χ3v) is 1.59. The molecule has 0 bridgehead atoms. The summed E-state index contributed by atoms with van der Waals surface area (Å²) in [7, 11) is 0. The first kappa shape index (κ1) is 7.54. The molecule has 0 aliphatic heterocycles. The highest BCUT2D eigenvalue weighted by Gasteiger charge is 2.14. The van der Waals surface area contributed by atoms with Crippen LogP contribution in [0.2, 0.25) is 0 Å². The zero-order valence-corrected chi connectivity index (χ0v) is 5.88. The van der Waals surface area contributed by atoms with Gasteiger partial charge < -0.3 is 0 Å². The third kappa shape index (κ3) is 3.15. The van der Waals surface area contributed by atoms with Gasteiger partial charge >= 0.3 is 0 Å². The van der Waals surface area contributed by atoms with Crippen LogP contribution in [0.15, 0.2) is 0 Å². The smallest absolute Gasteiger partial charge is 0.0976 e. The Morgan fingerprint density at radius 3 is 2.00 bits per heavy atom. The van der Waals surface area contributed by atoms with E-state index in [1.165, 1.54) is 0 Å². The SMILES string of the molecule is CC(C)(CCl)OCl. The van der Waals surface area contributed by atoms with Crippen LogP contribution in [0.4, 0.5) is 0 Å². The van der Waals surface area contributed by atoms with Gasteiger partial charge in [-0.1, -0.05) is 0 Å². The van der Waals surface area contributed by atoms with E-state index in [-0.39, 0.29) is 5.60 Å². The van der Waals surface area contributed by atoms with Crippen molar-refractivity contribution >= 4 is 23.5 Å². The van der Waals surface area contributed by atoms with Gasteiger partial charge in [0.25, 0.3) is 0 Å². The first-order chi connectivity index (χ1) is 3.12. The molecule has 0 aliphatic rings. The van der Waals surface area contributed by atoms with E-state index in [9.17, 15) is 0 Å². The lowest BCUT2D eigenvalue weighted by atomic mass is 10.2. The molecule has 0 aromatic carbocycles. The molecule has 0 aromatic rings. The minimum Gasteiger partial charge on any atom is -0.272 e. The van der Waals surface area contributed by atoms with Crippen molar-refractivity contribution in [1.29, 1.82) is 0 Å². The van der Waals surface area contributed by atoms with Gasteiger partial charge in [-0.2, -0.15) is 0 Å². The minimum atomic E-state index is -0.386. The zero-order valence-electron chi connectivity index (χ0n) is 4.37. The van der Waals surface area contributed by atoms with Crippen molar-refractivity contribution in [2.75, 3.05) is 5.88 Å². The van der Waals surface area contributed by atoms with Crippen molar-refractivity contribution < 1.29 is 4.29 Å². The average molecular weight is 143 g/mol. The molecule has 1 nitrogen and oxygen atoms in total. The van der Waals surface area contributed by atoms with Crippen molar-refractivity contribution in [3.63, 3.8) is 0 Å². The standard InChI is InChI=1S/C4H8Cl2O/c1-4(2,3-5)7-6/h3H2,1-2H3. The maximum absolute atomic E-state index is 5.38. The Hall–Kier alpha value is 0.540. The van der Waals surface area contributed by atoms with E-state index < -0.39 is 0 Å². The third-order valence-electron chi connectivity index (χ3n) is 0.531. The quantitative estimate of drug-likeness (QED) is 0.538. The Labute approximate surface area is 53.7 Å². The highest BCUT2D eigenvalue weighted by molar-refractivity contribution is 6.19. The fourth-order valence-electron chi connectivity index (χ4n) is 0.0206. The molecule has 7 heavy (non-hydrogen) atoms. The summed E-state index contributed by atoms with van der Waals surface area (Å²) in [6, 6.07) is 0. The van der Waals surface area contributed by atoms with E-state index in [4.69, 9.17) is 23.5 Å². The molecule has 0 spiro atoms. The van der Waals surface area contributed by atoms with Crippen LogP contribution < -0.4 is 0 Å². The highest BCUT2D eigenvalue weighted by Crippen LogP contribution is 2.11. The highest BCUT2D eigenvalue weighted by atomic mass is 35.5. The maximum atomic E-state index is 5.38. The summed E-state index contributed by atoms with van der Waals surface area (Å²) in [6.45, 7) is 3.62. The summed E-state index contributed by atoms with van der Waals surface area (Å²) in [6.07, 6.45) is 0. The second-order valence-electron chi connectivity index (χ2n) is 1.97. The summed E-state index contributed by atoms with van der Waals surface area (Å²) >= 11 is 10.4. The van der Waals surface area contributed by atoms with Crippen molar-refractivity contribution in [3.05, 3.63) is 0 Å². The fourth-order valence-corrected chi connectivity index (χ4v) is 0.186. The predicted octanol–water partition coefficient (Wildman–Crippen LogP) is 2.17. The lowest BCUT2D eigenvalue weighted by Gasteiger charge is -2.14. The molecule has 0 aliphatic carbocycles. The lowest BCUT2D eigenvalue weighted by molar-refractivity contribution is 0.152. The number of hydrogen-bond donors (Lipinski definition) is 0. The molecule has 0 atom stereocenters. The molecule has 0 N–H and O–H groups in total. The molecule has 0 radical (unpaired) electrons. The van der Waals surface area contributed by atoms with E-state index in [1.807, 2.05) is 13.8 Å². The Morgan fingerprint density at radius 2 is 2.00 bits per heavy atom.